The van der Waals surface area contributed by atoms with Crippen LogP contribution in [0.1, 0.15) is 11.1 Å². The highest BCUT2D eigenvalue weighted by atomic mass is 16.5. The van der Waals surface area contributed by atoms with Gasteiger partial charge in [0.15, 0.2) is 0 Å². The van der Waals surface area contributed by atoms with Gasteiger partial charge < -0.3 is 10.1 Å². The lowest BCUT2D eigenvalue weighted by Crippen LogP contribution is -2.04. The molecule has 1 aromatic carbocycles. The molecule has 0 bridgehead atoms. The maximum atomic E-state index is 5.13. The molecule has 0 saturated heterocycles. The summed E-state index contributed by atoms with van der Waals surface area (Å²) in [5.74, 6) is 0. The van der Waals surface area contributed by atoms with Gasteiger partial charge in [0, 0.05) is 31.7 Å². The fourth-order valence-corrected chi connectivity index (χ4v) is 1.82. The van der Waals surface area contributed by atoms with Crippen molar-refractivity contribution in [1.29, 1.82) is 0 Å². The molecule has 0 saturated carbocycles. The quantitative estimate of drug-likeness (QED) is 0.845. The highest BCUT2D eigenvalue weighted by molar-refractivity contribution is 5.51. The lowest BCUT2D eigenvalue weighted by atomic mass is 10.1. The Morgan fingerprint density at radius 3 is 2.83 bits per heavy atom. The Balaban J connectivity index is 2.00. The first-order valence-corrected chi connectivity index (χ1v) is 6.10. The summed E-state index contributed by atoms with van der Waals surface area (Å²) >= 11 is 0. The van der Waals surface area contributed by atoms with Gasteiger partial charge >= 0.3 is 0 Å². The van der Waals surface area contributed by atoms with E-state index in [0.717, 1.165) is 19.6 Å². The van der Waals surface area contributed by atoms with E-state index in [1.165, 1.54) is 16.8 Å². The monoisotopic (exact) mass is 242 g/mol. The number of nitrogens with one attached hydrogen (secondary N) is 1. The van der Waals surface area contributed by atoms with Crippen molar-refractivity contribution in [1.82, 2.24) is 4.98 Å². The van der Waals surface area contributed by atoms with Gasteiger partial charge in [-0.2, -0.15) is 0 Å². The van der Waals surface area contributed by atoms with Crippen LogP contribution in [0.4, 0.5) is 5.69 Å². The topological polar surface area (TPSA) is 34.1 Å². The summed E-state index contributed by atoms with van der Waals surface area (Å²) in [6.45, 7) is 1.53. The second-order valence-corrected chi connectivity index (χ2v) is 4.11. The Bertz CT molecular complexity index is 471. The van der Waals surface area contributed by atoms with Crippen molar-refractivity contribution < 1.29 is 4.74 Å². The molecule has 1 aromatic heterocycles. The summed E-state index contributed by atoms with van der Waals surface area (Å²) in [6, 6.07) is 12.3. The minimum absolute atomic E-state index is 0.742. The van der Waals surface area contributed by atoms with E-state index >= 15 is 0 Å². The summed E-state index contributed by atoms with van der Waals surface area (Å²) in [4.78, 5) is 4.11. The van der Waals surface area contributed by atoms with Crippen molar-refractivity contribution in [3.8, 4) is 0 Å². The Hall–Kier alpha value is -1.87. The molecule has 2 rings (SSSR count). The second-order valence-electron chi connectivity index (χ2n) is 4.11. The first-order chi connectivity index (χ1) is 8.90. The number of nitrogens with zero attached hydrogens (tertiary/aromatic N) is 1. The van der Waals surface area contributed by atoms with Crippen molar-refractivity contribution in [3.63, 3.8) is 0 Å². The molecular formula is C15H18N2O. The number of rotatable bonds is 6. The van der Waals surface area contributed by atoms with Gasteiger partial charge in [0.2, 0.25) is 0 Å². The molecule has 94 valence electrons. The molecule has 0 aliphatic rings. The fraction of sp³-hybridized carbons (Fsp3) is 0.267. The molecule has 0 atom stereocenters. The third-order valence-corrected chi connectivity index (χ3v) is 2.80. The third kappa shape index (κ3) is 3.57. The van der Waals surface area contributed by atoms with Gasteiger partial charge in [-0.15, -0.1) is 0 Å². The molecular weight excluding hydrogens is 224 g/mol. The highest BCUT2D eigenvalue weighted by Gasteiger charge is 2.01. The van der Waals surface area contributed by atoms with Gasteiger partial charge in [-0.3, -0.25) is 4.98 Å². The van der Waals surface area contributed by atoms with Crippen molar-refractivity contribution in [3.05, 3.63) is 59.9 Å². The summed E-state index contributed by atoms with van der Waals surface area (Å²) in [6.07, 6.45) is 4.59. The lowest BCUT2D eigenvalue weighted by Gasteiger charge is -2.11. The van der Waals surface area contributed by atoms with E-state index < -0.39 is 0 Å². The van der Waals surface area contributed by atoms with Gasteiger partial charge in [-0.25, -0.2) is 0 Å². The molecule has 0 unspecified atom stereocenters. The van der Waals surface area contributed by atoms with Crippen LogP contribution in [0.15, 0.2) is 48.8 Å². The SMILES string of the molecule is COCCc1ccccc1NCc1cccnc1. The van der Waals surface area contributed by atoms with Gasteiger partial charge in [0.05, 0.1) is 6.61 Å². The minimum Gasteiger partial charge on any atom is -0.384 e. The highest BCUT2D eigenvalue weighted by Crippen LogP contribution is 2.16. The second kappa shape index (κ2) is 6.77. The molecule has 0 radical (unpaired) electrons. The fourth-order valence-electron chi connectivity index (χ4n) is 1.82. The van der Waals surface area contributed by atoms with Crippen molar-refractivity contribution >= 4 is 5.69 Å². The minimum atomic E-state index is 0.742. The van der Waals surface area contributed by atoms with Crippen LogP contribution in [0, 0.1) is 0 Å². The average molecular weight is 242 g/mol. The van der Waals surface area contributed by atoms with Crippen molar-refractivity contribution in [2.24, 2.45) is 0 Å². The first kappa shape index (κ1) is 12.6. The number of benzene rings is 1. The van der Waals surface area contributed by atoms with Crippen LogP contribution in [-0.2, 0) is 17.7 Å². The summed E-state index contributed by atoms with van der Waals surface area (Å²) in [5, 5.41) is 3.44. The smallest absolute Gasteiger partial charge is 0.0503 e. The van der Waals surface area contributed by atoms with Crippen LogP contribution in [0.25, 0.3) is 0 Å². The Morgan fingerprint density at radius 2 is 2.06 bits per heavy atom. The number of para-hydroxylation sites is 1. The Kier molecular flexibility index (Phi) is 4.73. The van der Waals surface area contributed by atoms with Crippen LogP contribution in [-0.4, -0.2) is 18.7 Å². The zero-order chi connectivity index (χ0) is 12.6. The van der Waals surface area contributed by atoms with Crippen molar-refractivity contribution in [2.75, 3.05) is 19.0 Å². The van der Waals surface area contributed by atoms with E-state index in [9.17, 15) is 0 Å². The normalized spacial score (nSPS) is 10.3. The van der Waals surface area contributed by atoms with E-state index in [0.29, 0.717) is 0 Å². The van der Waals surface area contributed by atoms with Crippen LogP contribution >= 0.6 is 0 Å². The van der Waals surface area contributed by atoms with E-state index in [4.69, 9.17) is 4.74 Å². The third-order valence-electron chi connectivity index (χ3n) is 2.80. The van der Waals surface area contributed by atoms with Crippen LogP contribution in [0.3, 0.4) is 0 Å². The number of aromatic nitrogens is 1. The zero-order valence-electron chi connectivity index (χ0n) is 10.6. The number of pyridine rings is 1. The van der Waals surface area contributed by atoms with E-state index in [1.807, 2.05) is 18.3 Å². The zero-order valence-corrected chi connectivity index (χ0v) is 10.6. The van der Waals surface area contributed by atoms with Gasteiger partial charge in [-0.05, 0) is 29.7 Å². The number of ether oxygens (including phenoxy) is 1. The predicted molar refractivity (Wildman–Crippen MR) is 73.6 cm³/mol. The van der Waals surface area contributed by atoms with E-state index in [-0.39, 0.29) is 0 Å². The number of anilines is 1. The molecule has 1 heterocycles. The van der Waals surface area contributed by atoms with Gasteiger partial charge in [0.25, 0.3) is 0 Å². The van der Waals surface area contributed by atoms with Gasteiger partial charge in [-0.1, -0.05) is 24.3 Å². The number of methoxy groups -OCH3 is 1. The van der Waals surface area contributed by atoms with Gasteiger partial charge in [0.1, 0.15) is 0 Å². The number of hydrogen-bond donors (Lipinski definition) is 1. The Morgan fingerprint density at radius 1 is 1.17 bits per heavy atom. The van der Waals surface area contributed by atoms with Crippen molar-refractivity contribution in [2.45, 2.75) is 13.0 Å². The summed E-state index contributed by atoms with van der Waals surface area (Å²) in [5.41, 5.74) is 3.63. The molecule has 3 nitrogen and oxygen atoms in total. The molecule has 3 heteroatoms. The molecule has 1 N–H and O–H groups in total. The van der Waals surface area contributed by atoms with Crippen LogP contribution in [0.5, 0.6) is 0 Å². The maximum Gasteiger partial charge on any atom is 0.0503 e. The standard InChI is InChI=1S/C15H18N2O/c1-18-10-8-14-6-2-3-7-15(14)17-12-13-5-4-9-16-11-13/h2-7,9,11,17H,8,10,12H2,1H3. The molecule has 18 heavy (non-hydrogen) atoms. The molecule has 0 aliphatic carbocycles. The molecule has 0 spiro atoms. The first-order valence-electron chi connectivity index (χ1n) is 6.10. The predicted octanol–water partition coefficient (Wildman–Crippen LogP) is 2.88. The number of hydrogen-bond acceptors (Lipinski definition) is 3. The molecule has 0 amide bonds. The average Bonchev–Trinajstić information content (AvgIpc) is 2.45. The molecule has 0 fully saturated rings. The van der Waals surface area contributed by atoms with Crippen LogP contribution in [0.2, 0.25) is 0 Å². The molecule has 2 aromatic rings. The van der Waals surface area contributed by atoms with Crippen LogP contribution < -0.4 is 5.32 Å². The largest absolute Gasteiger partial charge is 0.384 e. The maximum absolute atomic E-state index is 5.13. The molecule has 0 aliphatic heterocycles. The summed E-state index contributed by atoms with van der Waals surface area (Å²) in [7, 11) is 1.73. The Labute approximate surface area is 108 Å². The lowest BCUT2D eigenvalue weighted by molar-refractivity contribution is 0.202. The van der Waals surface area contributed by atoms with E-state index in [1.54, 1.807) is 13.3 Å². The van der Waals surface area contributed by atoms with E-state index in [2.05, 4.69) is 34.6 Å². The summed E-state index contributed by atoms with van der Waals surface area (Å²) < 4.78 is 5.13.